The lowest BCUT2D eigenvalue weighted by atomic mass is 10.0. The lowest BCUT2D eigenvalue weighted by Crippen LogP contribution is -2.36. The summed E-state index contributed by atoms with van der Waals surface area (Å²) < 4.78 is 5.63. The highest BCUT2D eigenvalue weighted by atomic mass is 32.2. The van der Waals surface area contributed by atoms with Crippen LogP contribution in [-0.2, 0) is 4.74 Å². The summed E-state index contributed by atoms with van der Waals surface area (Å²) in [6, 6.07) is 0.853. The molecule has 0 aromatic heterocycles. The Bertz CT molecular complexity index is 194. The second kappa shape index (κ2) is 6.87. The highest BCUT2D eigenvalue weighted by molar-refractivity contribution is 7.99. The predicted octanol–water partition coefficient (Wildman–Crippen LogP) is 2.77. The number of hydrogen-bond acceptors (Lipinski definition) is 3. The van der Waals surface area contributed by atoms with Crippen LogP contribution in [-0.4, -0.2) is 48.8 Å². The van der Waals surface area contributed by atoms with Crippen molar-refractivity contribution in [2.45, 2.75) is 50.7 Å². The number of thioether (sulfide) groups is 1. The molecule has 2 nitrogen and oxygen atoms in total. The van der Waals surface area contributed by atoms with Crippen LogP contribution in [0.5, 0.6) is 0 Å². The van der Waals surface area contributed by atoms with Gasteiger partial charge in [-0.1, -0.05) is 6.42 Å². The zero-order valence-electron chi connectivity index (χ0n) is 10.5. The normalized spacial score (nSPS) is 32.1. The van der Waals surface area contributed by atoms with Gasteiger partial charge in [0.1, 0.15) is 0 Å². The minimum absolute atomic E-state index is 0.564. The highest BCUT2D eigenvalue weighted by Gasteiger charge is 2.19. The quantitative estimate of drug-likeness (QED) is 0.689. The minimum atomic E-state index is 0.564. The molecule has 2 aliphatic rings. The van der Waals surface area contributed by atoms with Crippen LogP contribution in [0.4, 0.5) is 0 Å². The lowest BCUT2D eigenvalue weighted by Gasteiger charge is -2.32. The van der Waals surface area contributed by atoms with Crippen molar-refractivity contribution >= 4 is 11.8 Å². The summed E-state index contributed by atoms with van der Waals surface area (Å²) in [5.74, 6) is 2.53. The summed E-state index contributed by atoms with van der Waals surface area (Å²) in [5.41, 5.74) is 0. The molecular weight excluding hydrogens is 218 g/mol. The topological polar surface area (TPSA) is 12.5 Å². The van der Waals surface area contributed by atoms with Crippen LogP contribution in [0, 0.1) is 0 Å². The van der Waals surface area contributed by atoms with E-state index in [4.69, 9.17) is 4.74 Å². The van der Waals surface area contributed by atoms with Crippen molar-refractivity contribution in [2.75, 3.05) is 31.7 Å². The molecule has 94 valence electrons. The summed E-state index contributed by atoms with van der Waals surface area (Å²) in [5, 5.41) is 0. The Balaban J connectivity index is 1.53. The number of hydrogen-bond donors (Lipinski definition) is 0. The van der Waals surface area contributed by atoms with E-state index in [1.807, 2.05) is 0 Å². The molecule has 2 aliphatic heterocycles. The Morgan fingerprint density at radius 3 is 2.94 bits per heavy atom. The number of nitrogens with zero attached hydrogens (tertiary/aromatic N) is 1. The first-order chi connectivity index (χ1) is 7.86. The van der Waals surface area contributed by atoms with E-state index in [0.717, 1.165) is 12.6 Å². The van der Waals surface area contributed by atoms with Crippen LogP contribution in [0.2, 0.25) is 0 Å². The third-order valence-electron chi connectivity index (χ3n) is 3.84. The lowest BCUT2D eigenvalue weighted by molar-refractivity contribution is 0.129. The molecule has 0 saturated carbocycles. The first-order valence-corrected chi connectivity index (χ1v) is 7.91. The molecule has 2 saturated heterocycles. The SMILES string of the molecule is CN1CCCC[C@@H]1CCSC[C@H]1CCCO1. The number of piperidine rings is 1. The molecule has 2 rings (SSSR count). The predicted molar refractivity (Wildman–Crippen MR) is 71.2 cm³/mol. The van der Waals surface area contributed by atoms with Crippen molar-refractivity contribution in [2.24, 2.45) is 0 Å². The highest BCUT2D eigenvalue weighted by Crippen LogP contribution is 2.22. The molecular formula is C13H25NOS. The smallest absolute Gasteiger partial charge is 0.0666 e. The third-order valence-corrected chi connectivity index (χ3v) is 4.98. The summed E-state index contributed by atoms with van der Waals surface area (Å²) in [6.07, 6.45) is 8.74. The van der Waals surface area contributed by atoms with E-state index in [-0.39, 0.29) is 0 Å². The fourth-order valence-electron chi connectivity index (χ4n) is 2.72. The van der Waals surface area contributed by atoms with Crippen LogP contribution in [0.1, 0.15) is 38.5 Å². The maximum Gasteiger partial charge on any atom is 0.0666 e. The first-order valence-electron chi connectivity index (χ1n) is 6.76. The van der Waals surface area contributed by atoms with E-state index in [1.54, 1.807) is 0 Å². The van der Waals surface area contributed by atoms with Crippen LogP contribution in [0.15, 0.2) is 0 Å². The zero-order valence-corrected chi connectivity index (χ0v) is 11.3. The molecule has 0 aromatic carbocycles. The molecule has 0 aromatic rings. The Hall–Kier alpha value is 0.270. The van der Waals surface area contributed by atoms with Gasteiger partial charge in [-0.2, -0.15) is 11.8 Å². The van der Waals surface area contributed by atoms with Crippen molar-refractivity contribution in [1.82, 2.24) is 4.90 Å². The second-order valence-corrected chi connectivity index (χ2v) is 6.28. The van der Waals surface area contributed by atoms with Crippen molar-refractivity contribution in [3.63, 3.8) is 0 Å². The van der Waals surface area contributed by atoms with E-state index in [9.17, 15) is 0 Å². The van der Waals surface area contributed by atoms with Gasteiger partial charge in [-0.3, -0.25) is 0 Å². The molecule has 0 spiro atoms. The Labute approximate surface area is 104 Å². The molecule has 2 heterocycles. The van der Waals surface area contributed by atoms with Crippen molar-refractivity contribution in [3.05, 3.63) is 0 Å². The molecule has 2 fully saturated rings. The van der Waals surface area contributed by atoms with Gasteiger partial charge in [0.25, 0.3) is 0 Å². The van der Waals surface area contributed by atoms with Crippen molar-refractivity contribution < 1.29 is 4.74 Å². The van der Waals surface area contributed by atoms with Crippen molar-refractivity contribution in [3.8, 4) is 0 Å². The molecule has 16 heavy (non-hydrogen) atoms. The fraction of sp³-hybridized carbons (Fsp3) is 1.00. The maximum absolute atomic E-state index is 5.63. The van der Waals surface area contributed by atoms with E-state index < -0.39 is 0 Å². The maximum atomic E-state index is 5.63. The summed E-state index contributed by atoms with van der Waals surface area (Å²) in [4.78, 5) is 2.55. The van der Waals surface area contributed by atoms with Gasteiger partial charge in [-0.15, -0.1) is 0 Å². The summed E-state index contributed by atoms with van der Waals surface area (Å²) >= 11 is 2.09. The number of likely N-dealkylation sites (tertiary alicyclic amines) is 1. The molecule has 0 bridgehead atoms. The zero-order chi connectivity index (χ0) is 11.2. The molecule has 3 heteroatoms. The molecule has 2 atom stereocenters. The van der Waals surface area contributed by atoms with Crippen LogP contribution < -0.4 is 0 Å². The average molecular weight is 243 g/mol. The Kier molecular flexibility index (Phi) is 5.46. The fourth-order valence-corrected chi connectivity index (χ4v) is 3.85. The van der Waals surface area contributed by atoms with E-state index in [0.29, 0.717) is 6.10 Å². The average Bonchev–Trinajstić information content (AvgIpc) is 2.79. The Morgan fingerprint density at radius 1 is 1.25 bits per heavy atom. The van der Waals surface area contributed by atoms with Gasteiger partial charge in [0.15, 0.2) is 0 Å². The monoisotopic (exact) mass is 243 g/mol. The van der Waals surface area contributed by atoms with Crippen LogP contribution in [0.25, 0.3) is 0 Å². The second-order valence-electron chi connectivity index (χ2n) is 5.13. The van der Waals surface area contributed by atoms with Gasteiger partial charge in [-0.05, 0) is 51.4 Å². The van der Waals surface area contributed by atoms with Crippen molar-refractivity contribution in [1.29, 1.82) is 0 Å². The van der Waals surface area contributed by atoms with E-state index in [2.05, 4.69) is 23.7 Å². The third kappa shape index (κ3) is 3.94. The molecule has 0 radical (unpaired) electrons. The van der Waals surface area contributed by atoms with Gasteiger partial charge in [-0.25, -0.2) is 0 Å². The van der Waals surface area contributed by atoms with E-state index >= 15 is 0 Å². The van der Waals surface area contributed by atoms with Crippen LogP contribution >= 0.6 is 11.8 Å². The number of rotatable bonds is 5. The minimum Gasteiger partial charge on any atom is -0.377 e. The summed E-state index contributed by atoms with van der Waals surface area (Å²) in [7, 11) is 2.29. The first kappa shape index (κ1) is 12.7. The summed E-state index contributed by atoms with van der Waals surface area (Å²) in [6.45, 7) is 2.30. The van der Waals surface area contributed by atoms with Gasteiger partial charge >= 0.3 is 0 Å². The number of ether oxygens (including phenoxy) is 1. The standard InChI is InChI=1S/C13H25NOS/c1-14-8-3-2-5-12(14)7-10-16-11-13-6-4-9-15-13/h12-13H,2-11H2,1H3/t12-,13-/m1/s1. The Morgan fingerprint density at radius 2 is 2.19 bits per heavy atom. The van der Waals surface area contributed by atoms with Gasteiger partial charge in [0.2, 0.25) is 0 Å². The molecule has 0 unspecified atom stereocenters. The van der Waals surface area contributed by atoms with Crippen LogP contribution in [0.3, 0.4) is 0 Å². The largest absolute Gasteiger partial charge is 0.377 e. The van der Waals surface area contributed by atoms with E-state index in [1.165, 1.54) is 56.6 Å². The molecule has 0 aliphatic carbocycles. The molecule has 0 N–H and O–H groups in total. The molecule has 0 amide bonds. The van der Waals surface area contributed by atoms with Gasteiger partial charge in [0.05, 0.1) is 6.10 Å². The van der Waals surface area contributed by atoms with Gasteiger partial charge < -0.3 is 9.64 Å². The van der Waals surface area contributed by atoms with Gasteiger partial charge in [0, 0.05) is 18.4 Å².